The highest BCUT2D eigenvalue weighted by atomic mass is 19.1. The number of benzene rings is 3. The number of H-pyrrole nitrogens is 1. The van der Waals surface area contributed by atoms with Gasteiger partial charge >= 0.3 is 0 Å². The molecule has 0 bridgehead atoms. The van der Waals surface area contributed by atoms with Gasteiger partial charge in [-0.15, -0.1) is 0 Å². The van der Waals surface area contributed by atoms with Crippen molar-refractivity contribution in [1.29, 1.82) is 0 Å². The lowest BCUT2D eigenvalue weighted by molar-refractivity contribution is -0.136. The molecule has 1 unspecified atom stereocenters. The first-order chi connectivity index (χ1) is 35.9. The van der Waals surface area contributed by atoms with Crippen LogP contribution in [0.1, 0.15) is 55.9 Å². The normalized spacial score (nSPS) is 15.0. The Kier molecular flexibility index (Phi) is 17.0. The van der Waals surface area contributed by atoms with Gasteiger partial charge in [0.1, 0.15) is 29.1 Å². The minimum absolute atomic E-state index is 0.0398. The van der Waals surface area contributed by atoms with Crippen LogP contribution in [0.5, 0.6) is 5.75 Å². The van der Waals surface area contributed by atoms with E-state index in [9.17, 15) is 38.0 Å². The van der Waals surface area contributed by atoms with Crippen LogP contribution >= 0.6 is 0 Å². The number of likely N-dealkylation sites (N-methyl/N-ethyl adjacent to an activating group) is 1. The second-order valence-corrected chi connectivity index (χ2v) is 17.2. The van der Waals surface area contributed by atoms with Gasteiger partial charge < -0.3 is 59.7 Å². The molecular weight excluding hydrogens is 966 g/mol. The molecule has 3 aromatic carbocycles. The summed E-state index contributed by atoms with van der Waals surface area (Å²) in [6, 6.07) is 13.4. The highest BCUT2D eigenvalue weighted by Crippen LogP contribution is 2.39. The number of methoxy groups -OCH3 is 1. The second-order valence-electron chi connectivity index (χ2n) is 17.2. The predicted octanol–water partition coefficient (Wildman–Crippen LogP) is 3.27. The fourth-order valence-electron chi connectivity index (χ4n) is 8.67. The van der Waals surface area contributed by atoms with Gasteiger partial charge in [0.2, 0.25) is 29.6 Å². The van der Waals surface area contributed by atoms with Gasteiger partial charge in [0.15, 0.2) is 0 Å². The lowest BCUT2D eigenvalue weighted by Crippen LogP contribution is -2.54. The Morgan fingerprint density at radius 3 is 2.28 bits per heavy atom. The fraction of sp³-hybridized carbons (Fsp3) is 0.380. The van der Waals surface area contributed by atoms with Gasteiger partial charge in [-0.3, -0.25) is 43.8 Å². The van der Waals surface area contributed by atoms with E-state index in [0.717, 1.165) is 10.5 Å². The van der Waals surface area contributed by atoms with Crippen molar-refractivity contribution in [2.45, 2.75) is 31.7 Å². The maximum absolute atomic E-state index is 14.8. The molecule has 5 aromatic rings. The van der Waals surface area contributed by atoms with Crippen molar-refractivity contribution >= 4 is 86.9 Å². The van der Waals surface area contributed by atoms with Crippen LogP contribution in [0.2, 0.25) is 0 Å². The molecule has 0 saturated carbocycles. The van der Waals surface area contributed by atoms with Gasteiger partial charge in [-0.25, -0.2) is 4.39 Å². The third-order valence-electron chi connectivity index (χ3n) is 12.4. The molecule has 7 amide bonds. The molecule has 3 aliphatic heterocycles. The Labute approximate surface area is 423 Å². The SMILES string of the molecule is CNC(=O)c1c(F)cccc1Nc1nc(Nc2cc3c(cc2OC)CCN3C(=O)CN(C)C(=O)CCOCCOCCOCCOCCNc2cccc3c2C(=O)N(C2CCC(=O)NC2=O)C3=O)nc2[nH]ccc12. The number of nitrogens with zero attached hydrogens (tertiary/aromatic N) is 5. The molecule has 24 heteroatoms. The Morgan fingerprint density at radius 2 is 1.55 bits per heavy atom. The fourth-order valence-corrected chi connectivity index (χ4v) is 8.67. The number of piperidine rings is 1. The minimum atomic E-state index is -1.04. The second kappa shape index (κ2) is 24.1. The molecule has 0 radical (unpaired) electrons. The molecule has 390 valence electrons. The summed E-state index contributed by atoms with van der Waals surface area (Å²) in [5.74, 6) is -3.21. The van der Waals surface area contributed by atoms with Gasteiger partial charge in [-0.1, -0.05) is 12.1 Å². The molecule has 1 atom stereocenters. The summed E-state index contributed by atoms with van der Waals surface area (Å²) >= 11 is 0. The molecular formula is C50H56FN11O12. The third kappa shape index (κ3) is 11.9. The molecule has 0 spiro atoms. The van der Waals surface area contributed by atoms with Gasteiger partial charge in [0.25, 0.3) is 17.7 Å². The van der Waals surface area contributed by atoms with E-state index in [-0.39, 0.29) is 92.4 Å². The lowest BCUT2D eigenvalue weighted by Gasteiger charge is -2.27. The van der Waals surface area contributed by atoms with E-state index in [1.54, 1.807) is 48.5 Å². The first-order valence-electron chi connectivity index (χ1n) is 23.9. The minimum Gasteiger partial charge on any atom is -0.495 e. The number of aromatic nitrogens is 3. The van der Waals surface area contributed by atoms with Crippen LogP contribution in [0.4, 0.5) is 38.9 Å². The number of amides is 7. The number of nitrogens with one attached hydrogen (secondary N) is 6. The van der Waals surface area contributed by atoms with Crippen LogP contribution in [0.25, 0.3) is 11.0 Å². The number of hydrogen-bond acceptors (Lipinski definition) is 17. The zero-order valence-electron chi connectivity index (χ0n) is 41.0. The average Bonchev–Trinajstić information content (AvgIpc) is 4.11. The number of fused-ring (bicyclic) bond motifs is 3. The Balaban J connectivity index is 0.706. The van der Waals surface area contributed by atoms with Gasteiger partial charge in [0.05, 0.1) is 106 Å². The molecule has 23 nitrogen and oxygen atoms in total. The molecule has 2 aromatic heterocycles. The number of anilines is 6. The topological polar surface area (TPSA) is 277 Å². The number of imide groups is 2. The van der Waals surface area contributed by atoms with Gasteiger partial charge in [-0.2, -0.15) is 9.97 Å². The summed E-state index contributed by atoms with van der Waals surface area (Å²) < 4.78 is 42.8. The number of rotatable bonds is 25. The van der Waals surface area contributed by atoms with Crippen molar-refractivity contribution in [3.63, 3.8) is 0 Å². The Bertz CT molecular complexity index is 2950. The zero-order valence-corrected chi connectivity index (χ0v) is 41.0. The van der Waals surface area contributed by atoms with E-state index >= 15 is 0 Å². The molecule has 0 aliphatic carbocycles. The van der Waals surface area contributed by atoms with E-state index in [1.165, 1.54) is 37.3 Å². The summed E-state index contributed by atoms with van der Waals surface area (Å²) in [6.07, 6.45) is 2.42. The summed E-state index contributed by atoms with van der Waals surface area (Å²) in [7, 11) is 4.50. The maximum Gasteiger partial charge on any atom is 0.264 e. The van der Waals surface area contributed by atoms with Crippen molar-refractivity contribution in [3.8, 4) is 5.75 Å². The van der Waals surface area contributed by atoms with E-state index in [4.69, 9.17) is 23.7 Å². The summed E-state index contributed by atoms with van der Waals surface area (Å²) in [5.41, 5.74) is 3.27. The van der Waals surface area contributed by atoms with E-state index in [1.807, 2.05) is 6.07 Å². The first kappa shape index (κ1) is 52.3. The zero-order chi connectivity index (χ0) is 52.3. The molecule has 1 saturated heterocycles. The molecule has 5 heterocycles. The van der Waals surface area contributed by atoms with Crippen molar-refractivity contribution < 1.29 is 61.6 Å². The van der Waals surface area contributed by atoms with Gasteiger partial charge in [0, 0.05) is 51.2 Å². The number of aromatic amines is 1. The van der Waals surface area contributed by atoms with Crippen molar-refractivity contribution in [3.05, 3.63) is 88.9 Å². The van der Waals surface area contributed by atoms with E-state index < -0.39 is 41.4 Å². The van der Waals surface area contributed by atoms with Crippen LogP contribution < -0.4 is 36.2 Å². The Morgan fingerprint density at radius 1 is 0.838 bits per heavy atom. The van der Waals surface area contributed by atoms with Crippen LogP contribution in [-0.2, 0) is 44.5 Å². The summed E-state index contributed by atoms with van der Waals surface area (Å²) in [4.78, 5) is 106. The quantitative estimate of drug-likeness (QED) is 0.0362. The number of halogens is 1. The van der Waals surface area contributed by atoms with Crippen molar-refractivity contribution in [2.75, 3.05) is 115 Å². The summed E-state index contributed by atoms with van der Waals surface area (Å²) in [5, 5.41) is 14.6. The van der Waals surface area contributed by atoms with Crippen LogP contribution in [0, 0.1) is 5.82 Å². The first-order valence-corrected chi connectivity index (χ1v) is 23.9. The van der Waals surface area contributed by atoms with E-state index in [2.05, 4.69) is 41.5 Å². The predicted molar refractivity (Wildman–Crippen MR) is 266 cm³/mol. The van der Waals surface area contributed by atoms with E-state index in [0.29, 0.717) is 85.6 Å². The number of carbonyl (C=O) groups excluding carboxylic acids is 7. The van der Waals surface area contributed by atoms with Crippen molar-refractivity contribution in [2.24, 2.45) is 0 Å². The molecule has 1 fully saturated rings. The third-order valence-corrected chi connectivity index (χ3v) is 12.4. The number of hydrogen-bond donors (Lipinski definition) is 6. The highest BCUT2D eigenvalue weighted by Gasteiger charge is 2.45. The Hall–Kier alpha value is -8.06. The monoisotopic (exact) mass is 1020 g/mol. The largest absolute Gasteiger partial charge is 0.495 e. The van der Waals surface area contributed by atoms with Crippen molar-refractivity contribution in [1.82, 2.24) is 35.4 Å². The van der Waals surface area contributed by atoms with Crippen LogP contribution in [-0.4, -0.2) is 166 Å². The van der Waals surface area contributed by atoms with Crippen LogP contribution in [0.15, 0.2) is 60.8 Å². The highest BCUT2D eigenvalue weighted by molar-refractivity contribution is 6.25. The standard InChI is InChI=1S/C50H56FN11O12/c1-52-47(67)43-32(51)7-5-9-34(43)55-45-31-12-15-54-44(31)58-50(59-45)56-35-27-37-29(26-38(35)70-3)13-17-61(37)41(65)28-60(2)40(64)14-18-71-20-22-73-24-25-74-23-21-72-19-16-53-33-8-4-6-30-42(33)49(69)62(48(30)68)36-10-11-39(63)57-46(36)66/h4-9,12,15,26-27,36,53H,10-11,13-14,16-25,28H2,1-3H3,(H,52,67)(H,57,63,66)(H3,54,55,56,58,59). The molecule has 3 aliphatic rings. The van der Waals surface area contributed by atoms with Crippen LogP contribution in [0.3, 0.4) is 0 Å². The number of ether oxygens (including phenoxy) is 5. The van der Waals surface area contributed by atoms with Gasteiger partial charge in [-0.05, 0) is 60.9 Å². The molecule has 74 heavy (non-hydrogen) atoms. The molecule has 8 rings (SSSR count). The smallest absolute Gasteiger partial charge is 0.264 e. The maximum atomic E-state index is 14.8. The molecule has 6 N–H and O–H groups in total. The number of carbonyl (C=O) groups is 7. The average molecular weight is 1020 g/mol. The lowest BCUT2D eigenvalue weighted by atomic mass is 10.0. The summed E-state index contributed by atoms with van der Waals surface area (Å²) in [6.45, 7) is 2.79.